The van der Waals surface area contributed by atoms with Crippen molar-refractivity contribution in [3.8, 4) is 23.0 Å². The Bertz CT molecular complexity index is 3990. The van der Waals surface area contributed by atoms with Crippen molar-refractivity contribution in [1.82, 2.24) is 15.3 Å². The number of benzene rings is 4. The molecule has 540 valence electrons. The van der Waals surface area contributed by atoms with E-state index in [1.165, 1.54) is 61.5 Å². The number of nitrogens with one attached hydrogen (secondary N) is 3. The van der Waals surface area contributed by atoms with Crippen LogP contribution in [0.25, 0.3) is 21.9 Å². The first-order valence-corrected chi connectivity index (χ1v) is 33.0. The first-order valence-electron chi connectivity index (χ1n) is 30.1. The Balaban J connectivity index is 1.01. The van der Waals surface area contributed by atoms with Crippen molar-refractivity contribution in [2.24, 2.45) is 5.92 Å². The van der Waals surface area contributed by atoms with E-state index in [0.29, 0.717) is 17.2 Å². The lowest BCUT2D eigenvalue weighted by atomic mass is 9.80. The normalized spacial score (nSPS) is 31.1. The molecule has 0 aliphatic carbocycles. The number of carboxylic acids is 1. The second kappa shape index (κ2) is 30.7. The number of amides is 2. The number of rotatable bonds is 25. The molecule has 2 amide bonds. The largest absolute Gasteiger partial charge is 0.493 e. The maximum absolute atomic E-state index is 14.9. The van der Waals surface area contributed by atoms with Crippen molar-refractivity contribution in [3.05, 3.63) is 96.2 Å². The third-order valence-electron chi connectivity index (χ3n) is 17.0. The lowest BCUT2D eigenvalue weighted by Gasteiger charge is -2.51. The average Bonchev–Trinajstić information content (AvgIpc) is 0.762. The summed E-state index contributed by atoms with van der Waals surface area (Å²) in [5.74, 6) is -11.5. The van der Waals surface area contributed by atoms with E-state index < -0.39 is 244 Å². The summed E-state index contributed by atoms with van der Waals surface area (Å²) in [6.07, 6.45) is -39.6. The summed E-state index contributed by atoms with van der Waals surface area (Å²) in [5, 5.41) is 160. The van der Waals surface area contributed by atoms with Crippen molar-refractivity contribution in [2.75, 3.05) is 37.0 Å². The summed E-state index contributed by atoms with van der Waals surface area (Å²) in [6, 6.07) is 14.5. The summed E-state index contributed by atoms with van der Waals surface area (Å²) in [4.78, 5) is 73.9. The van der Waals surface area contributed by atoms with E-state index in [1.807, 2.05) is 0 Å². The molecule has 4 saturated heterocycles. The minimum Gasteiger partial charge on any atom is -0.493 e. The molecule has 9 unspecified atom stereocenters. The zero-order valence-corrected chi connectivity index (χ0v) is 53.4. The lowest BCUT2D eigenvalue weighted by Crippen LogP contribution is -2.71. The SMILES string of the molecule is CC(=O)C[C@H]1C(C(O)C(O)CO)O[C@@](OC2C(O)[C@H](O[C@@H]3C(CO)O[C@@H](C(=O)Nc4ccc(-c5ccc(C(=O)CNc6ccc(S(=O)(=O)O)c7cccc(S(=O)(=O)O)c67)cc5)cc4)C(NC(=O)c4cc(O)nc(O)n4)[C@H]3O[C@@H]3OC(C)[C@@H](O)[C@H](O)C3O)O[C@@H](CO)[C@@H]2O)(C(=O)O)C[C@H]1O. The number of aromatic nitrogens is 2. The monoisotopic (exact) mass is 1440 g/mol. The van der Waals surface area contributed by atoms with Crippen LogP contribution in [0.15, 0.2) is 94.7 Å². The number of ketones is 2. The Morgan fingerprint density at radius 1 is 0.717 bits per heavy atom. The topological polar surface area (TPSA) is 604 Å². The van der Waals surface area contributed by atoms with Gasteiger partial charge in [-0.2, -0.15) is 26.8 Å². The van der Waals surface area contributed by atoms with E-state index in [2.05, 4.69) is 25.9 Å². The van der Waals surface area contributed by atoms with Gasteiger partial charge in [0, 0.05) is 52.5 Å². The van der Waals surface area contributed by atoms with Crippen LogP contribution in [0.2, 0.25) is 0 Å². The Kier molecular flexibility index (Phi) is 23.5. The van der Waals surface area contributed by atoms with Gasteiger partial charge >= 0.3 is 12.0 Å². The molecule has 0 bridgehead atoms. The fraction of sp³-hybridized carbons (Fsp3) is 0.483. The van der Waals surface area contributed by atoms with E-state index in [-0.39, 0.29) is 27.7 Å². The molecular formula is C60H71N5O32S2. The molecule has 39 heteroatoms. The van der Waals surface area contributed by atoms with Crippen molar-refractivity contribution in [2.45, 2.75) is 159 Å². The molecule has 5 heterocycles. The number of fused-ring (bicyclic) bond motifs is 1. The Morgan fingerprint density at radius 2 is 1.34 bits per heavy atom. The number of ether oxygens (including phenoxy) is 7. The first-order chi connectivity index (χ1) is 46.6. The molecule has 0 saturated carbocycles. The van der Waals surface area contributed by atoms with Gasteiger partial charge in [-0.25, -0.2) is 4.79 Å². The number of anilines is 2. The van der Waals surface area contributed by atoms with Gasteiger partial charge < -0.3 is 125 Å². The van der Waals surface area contributed by atoms with Gasteiger partial charge in [-0.3, -0.25) is 23.5 Å². The van der Waals surface area contributed by atoms with Gasteiger partial charge in [-0.05, 0) is 55.3 Å². The number of aliphatic hydroxyl groups is 11. The van der Waals surface area contributed by atoms with Crippen LogP contribution in [0, 0.1) is 5.92 Å². The number of aromatic hydroxyl groups is 2. The number of aliphatic hydroxyl groups excluding tert-OH is 11. The van der Waals surface area contributed by atoms with E-state index in [9.17, 15) is 121 Å². The second-order valence-electron chi connectivity index (χ2n) is 23.7. The second-order valence-corrected chi connectivity index (χ2v) is 26.5. The van der Waals surface area contributed by atoms with Crippen LogP contribution in [0.1, 0.15) is 47.5 Å². The maximum atomic E-state index is 14.9. The number of hydrogen-bond donors (Lipinski definition) is 19. The van der Waals surface area contributed by atoms with Gasteiger partial charge in [0.15, 0.2) is 24.5 Å². The quantitative estimate of drug-likeness (QED) is 0.0194. The van der Waals surface area contributed by atoms with E-state index in [0.717, 1.165) is 31.2 Å². The number of carbonyl (C=O) groups is 5. The number of aliphatic carboxylic acids is 1. The van der Waals surface area contributed by atoms with Gasteiger partial charge in [0.25, 0.3) is 37.8 Å². The van der Waals surface area contributed by atoms with Crippen LogP contribution in [-0.2, 0) is 67.8 Å². The molecule has 37 nitrogen and oxygen atoms in total. The van der Waals surface area contributed by atoms with Gasteiger partial charge in [0.05, 0.1) is 50.7 Å². The van der Waals surface area contributed by atoms with Crippen LogP contribution >= 0.6 is 0 Å². The summed E-state index contributed by atoms with van der Waals surface area (Å²) in [7, 11) is -9.86. The molecule has 9 rings (SSSR count). The van der Waals surface area contributed by atoms with Crippen molar-refractivity contribution in [3.63, 3.8) is 0 Å². The highest BCUT2D eigenvalue weighted by Crippen LogP contribution is 2.43. The molecule has 4 fully saturated rings. The lowest BCUT2D eigenvalue weighted by molar-refractivity contribution is -0.387. The van der Waals surface area contributed by atoms with Gasteiger partial charge in [-0.15, -0.1) is 0 Å². The summed E-state index contributed by atoms with van der Waals surface area (Å²) in [5.41, 5.74) is 0.199. The zero-order valence-electron chi connectivity index (χ0n) is 51.8. The standard InChI is InChI=1S/C60H71N5O32S2/c1-23(69)16-30-33(70)18-60(58(82)83,96-49(30)44(75)35(72)20-66)97-53-45(76)36(21-67)93-57(48(53)79)94-50-37(22-68)92-52(42(65-54(80)32-17-40(73)64-59(84)63-32)51(50)95-56-47(78)46(77)43(74)24(2)91-56)55(81)62-28-12-10-26(11-13-28)25-6-8-27(9-7-25)34(71)19-61-31-14-15-38(98(85,86)87)29-4-3-5-39(41(29)31)99(88,89)90/h3-15,17,24,30,33,35-37,42-53,56-57,61,66-68,70,72,74-79H,16,18-22H2,1-2H3,(H,62,81)(H,65,80)(H,82,83)(H,85,86,87)(H,88,89,90)(H2,63,64,73,84)/t24?,30-,33-,35?,36+,37?,42?,43-,44?,45+,46+,47?,48?,49?,50-,51-,52-,53?,56+,57+,60+/m1/s1. The van der Waals surface area contributed by atoms with Crippen LogP contribution < -0.4 is 16.0 Å². The van der Waals surface area contributed by atoms with Crippen molar-refractivity contribution in [1.29, 1.82) is 0 Å². The predicted octanol–water partition coefficient (Wildman–Crippen LogP) is -4.34. The van der Waals surface area contributed by atoms with Crippen LogP contribution in [0.4, 0.5) is 11.4 Å². The molecule has 21 atom stereocenters. The van der Waals surface area contributed by atoms with Gasteiger partial charge in [0.2, 0.25) is 5.88 Å². The Hall–Kier alpha value is -7.53. The molecule has 99 heavy (non-hydrogen) atoms. The zero-order chi connectivity index (χ0) is 72.5. The summed E-state index contributed by atoms with van der Waals surface area (Å²) >= 11 is 0. The number of hydrogen-bond acceptors (Lipinski definition) is 32. The molecule has 4 aliphatic rings. The van der Waals surface area contributed by atoms with Gasteiger partial charge in [-0.1, -0.05) is 48.5 Å². The van der Waals surface area contributed by atoms with Crippen molar-refractivity contribution >= 4 is 71.7 Å². The molecule has 4 aliphatic heterocycles. The third kappa shape index (κ3) is 16.5. The van der Waals surface area contributed by atoms with Crippen LogP contribution in [0.5, 0.6) is 11.9 Å². The average molecular weight is 1440 g/mol. The highest BCUT2D eigenvalue weighted by molar-refractivity contribution is 7.86. The molecule has 1 aromatic heterocycles. The molecule has 4 aromatic carbocycles. The van der Waals surface area contributed by atoms with E-state index in [1.54, 1.807) is 0 Å². The summed E-state index contributed by atoms with van der Waals surface area (Å²) in [6.45, 7) is -1.74. The smallest absolute Gasteiger partial charge is 0.364 e. The van der Waals surface area contributed by atoms with Crippen LogP contribution in [0.3, 0.4) is 0 Å². The molecule has 5 aromatic rings. The molecule has 0 radical (unpaired) electrons. The molecular weight excluding hydrogens is 1370 g/mol. The van der Waals surface area contributed by atoms with E-state index >= 15 is 0 Å². The highest BCUT2D eigenvalue weighted by atomic mass is 32.2. The number of carboxylic acid groups (broad SMARTS) is 1. The Labute approximate surface area is 560 Å². The minimum absolute atomic E-state index is 0.00430. The number of carbonyl (C=O) groups excluding carboxylic acids is 4. The minimum atomic E-state index is -4.97. The molecule has 19 N–H and O–H groups in total. The summed E-state index contributed by atoms with van der Waals surface area (Å²) < 4.78 is 111. The number of Topliss-reactive ketones (excluding diaryl/α,β-unsaturated/α-hetero) is 2. The van der Waals surface area contributed by atoms with Gasteiger partial charge in [0.1, 0.15) is 94.5 Å². The Morgan fingerprint density at radius 3 is 1.94 bits per heavy atom. The third-order valence-corrected chi connectivity index (χ3v) is 18.8. The molecule has 0 spiro atoms. The maximum Gasteiger partial charge on any atom is 0.364 e. The predicted molar refractivity (Wildman–Crippen MR) is 328 cm³/mol. The van der Waals surface area contributed by atoms with Crippen molar-refractivity contribution < 1.29 is 155 Å². The fourth-order valence-corrected chi connectivity index (χ4v) is 13.5. The fourth-order valence-electron chi connectivity index (χ4n) is 12.0. The highest BCUT2D eigenvalue weighted by Gasteiger charge is 2.61. The number of nitrogens with zero attached hydrogens (tertiary/aromatic N) is 2. The van der Waals surface area contributed by atoms with Crippen LogP contribution in [-0.4, -0.2) is 285 Å². The van der Waals surface area contributed by atoms with E-state index in [4.69, 9.17) is 33.2 Å². The first kappa shape index (κ1) is 75.7.